The minimum Gasteiger partial charge on any atom is -0.365 e. The van der Waals surface area contributed by atoms with Gasteiger partial charge in [-0.2, -0.15) is 0 Å². The van der Waals surface area contributed by atoms with Gasteiger partial charge in [-0.05, 0) is 31.9 Å². The van der Waals surface area contributed by atoms with Crippen molar-refractivity contribution >= 4 is 0 Å². The van der Waals surface area contributed by atoms with Crippen LogP contribution in [0.3, 0.4) is 0 Å². The minimum absolute atomic E-state index is 0.0444. The van der Waals surface area contributed by atoms with Crippen LogP contribution in [0.1, 0.15) is 32.4 Å². The summed E-state index contributed by atoms with van der Waals surface area (Å²) in [6.07, 6.45) is 2.14. The molecule has 1 rings (SSSR count). The van der Waals surface area contributed by atoms with Gasteiger partial charge in [-0.1, -0.05) is 48.6 Å². The molecule has 0 aromatic heterocycles. The molecule has 0 saturated carbocycles. The van der Waals surface area contributed by atoms with Crippen molar-refractivity contribution < 1.29 is 4.74 Å². The topological polar surface area (TPSA) is 9.23 Å². The lowest BCUT2D eigenvalue weighted by Crippen LogP contribution is -2.07. The maximum atomic E-state index is 5.87. The van der Waals surface area contributed by atoms with Crippen molar-refractivity contribution in [3.05, 3.63) is 59.7 Å². The van der Waals surface area contributed by atoms with Crippen molar-refractivity contribution in [3.8, 4) is 0 Å². The fraction of sp³-hybridized carbons (Fsp3) is 0.333. The van der Waals surface area contributed by atoms with E-state index in [4.69, 9.17) is 4.74 Å². The van der Waals surface area contributed by atoms with Gasteiger partial charge in [0.05, 0.1) is 6.61 Å². The Balaban J connectivity index is 2.84. The van der Waals surface area contributed by atoms with Gasteiger partial charge in [0.15, 0.2) is 0 Å². The highest BCUT2D eigenvalue weighted by Gasteiger charge is 2.12. The van der Waals surface area contributed by atoms with Gasteiger partial charge in [0.25, 0.3) is 0 Å². The Morgan fingerprint density at radius 2 is 1.94 bits per heavy atom. The molecule has 0 heterocycles. The smallest absolute Gasteiger partial charge is 0.104 e. The molecule has 1 atom stereocenters. The molecule has 0 radical (unpaired) electrons. The van der Waals surface area contributed by atoms with Gasteiger partial charge < -0.3 is 4.74 Å². The Morgan fingerprint density at radius 1 is 1.31 bits per heavy atom. The van der Waals surface area contributed by atoms with Crippen LogP contribution >= 0.6 is 0 Å². The summed E-state index contributed by atoms with van der Waals surface area (Å²) < 4.78 is 5.87. The maximum absolute atomic E-state index is 5.87. The molecule has 0 bridgehead atoms. The van der Waals surface area contributed by atoms with E-state index in [9.17, 15) is 0 Å². The number of rotatable bonds is 5. The number of hydrogen-bond donors (Lipinski definition) is 0. The predicted molar refractivity (Wildman–Crippen MR) is 69.4 cm³/mol. The molecule has 0 spiro atoms. The van der Waals surface area contributed by atoms with Crippen LogP contribution in [0.15, 0.2) is 54.1 Å². The van der Waals surface area contributed by atoms with Gasteiger partial charge in [-0.3, -0.25) is 0 Å². The summed E-state index contributed by atoms with van der Waals surface area (Å²) in [6.45, 7) is 10.6. The van der Waals surface area contributed by atoms with Crippen molar-refractivity contribution in [3.63, 3.8) is 0 Å². The lowest BCUT2D eigenvalue weighted by molar-refractivity contribution is 0.0960. The van der Waals surface area contributed by atoms with Crippen LogP contribution in [0.5, 0.6) is 0 Å². The largest absolute Gasteiger partial charge is 0.365 e. The normalized spacial score (nSPS) is 13.6. The van der Waals surface area contributed by atoms with Crippen LogP contribution in [0.4, 0.5) is 0 Å². The van der Waals surface area contributed by atoms with Gasteiger partial charge in [-0.15, -0.1) is 0 Å². The maximum Gasteiger partial charge on any atom is 0.104 e. The first-order valence-corrected chi connectivity index (χ1v) is 5.59. The highest BCUT2D eigenvalue weighted by molar-refractivity contribution is 5.25. The first kappa shape index (κ1) is 12.7. The third kappa shape index (κ3) is 3.67. The highest BCUT2D eigenvalue weighted by atomic mass is 16.5. The van der Waals surface area contributed by atoms with Gasteiger partial charge in [0, 0.05) is 0 Å². The molecule has 0 aliphatic heterocycles. The molecule has 86 valence electrons. The monoisotopic (exact) mass is 216 g/mol. The predicted octanol–water partition coefficient (Wildman–Crippen LogP) is 4.29. The van der Waals surface area contributed by atoms with Gasteiger partial charge in [0.2, 0.25) is 0 Å². The van der Waals surface area contributed by atoms with Crippen LogP contribution < -0.4 is 0 Å². The second-order valence-electron chi connectivity index (χ2n) is 4.09. The molecule has 16 heavy (non-hydrogen) atoms. The van der Waals surface area contributed by atoms with Crippen LogP contribution in [-0.2, 0) is 4.74 Å². The molecule has 0 fully saturated rings. The molecule has 0 saturated heterocycles. The quantitative estimate of drug-likeness (QED) is 0.667. The lowest BCUT2D eigenvalue weighted by atomic mass is 10.0. The van der Waals surface area contributed by atoms with E-state index >= 15 is 0 Å². The summed E-state index contributed by atoms with van der Waals surface area (Å²) in [5.41, 5.74) is 3.47. The van der Waals surface area contributed by atoms with Crippen LogP contribution in [0.2, 0.25) is 0 Å². The van der Waals surface area contributed by atoms with Crippen molar-refractivity contribution in [2.75, 3.05) is 6.61 Å². The van der Waals surface area contributed by atoms with Gasteiger partial charge in [0.1, 0.15) is 6.10 Å². The lowest BCUT2D eigenvalue weighted by Gasteiger charge is -2.19. The third-order valence-corrected chi connectivity index (χ3v) is 2.47. The molecule has 0 amide bonds. The van der Waals surface area contributed by atoms with Crippen molar-refractivity contribution in [1.29, 1.82) is 0 Å². The number of benzene rings is 1. The average molecular weight is 216 g/mol. The highest BCUT2D eigenvalue weighted by Crippen LogP contribution is 2.25. The first-order chi connectivity index (χ1) is 7.65. The summed E-state index contributed by atoms with van der Waals surface area (Å²) >= 11 is 0. The van der Waals surface area contributed by atoms with E-state index in [2.05, 4.69) is 31.7 Å². The molecule has 1 unspecified atom stereocenters. The average Bonchev–Trinajstić information content (AvgIpc) is 2.30. The fourth-order valence-corrected chi connectivity index (χ4v) is 1.50. The molecular weight excluding hydrogens is 196 g/mol. The van der Waals surface area contributed by atoms with Gasteiger partial charge >= 0.3 is 0 Å². The molecule has 1 heteroatoms. The van der Waals surface area contributed by atoms with E-state index in [1.165, 1.54) is 11.1 Å². The minimum atomic E-state index is 0.0444. The molecule has 0 aliphatic carbocycles. The van der Waals surface area contributed by atoms with Crippen LogP contribution in [-0.4, -0.2) is 6.61 Å². The standard InChI is InChI=1S/C15H20O/c1-5-13(4)15(16-11-12(2)3)14-9-7-6-8-10-14/h5-10,15H,2,11H2,1,3-4H3/b13-5+. The number of ether oxygens (including phenoxy) is 1. The number of hydrogen-bond acceptors (Lipinski definition) is 1. The van der Waals surface area contributed by atoms with Crippen molar-refractivity contribution in [2.45, 2.75) is 26.9 Å². The zero-order valence-corrected chi connectivity index (χ0v) is 10.4. The molecule has 1 aromatic rings. The molecule has 0 aliphatic rings. The summed E-state index contributed by atoms with van der Waals surface area (Å²) in [5, 5.41) is 0. The van der Waals surface area contributed by atoms with E-state index in [0.29, 0.717) is 6.61 Å². The van der Waals surface area contributed by atoms with Crippen LogP contribution in [0.25, 0.3) is 0 Å². The third-order valence-electron chi connectivity index (χ3n) is 2.47. The Kier molecular flexibility index (Phi) is 5.00. The van der Waals surface area contributed by atoms with Crippen molar-refractivity contribution in [2.24, 2.45) is 0 Å². The van der Waals surface area contributed by atoms with E-state index in [-0.39, 0.29) is 6.10 Å². The zero-order valence-electron chi connectivity index (χ0n) is 10.4. The van der Waals surface area contributed by atoms with Crippen LogP contribution in [0, 0.1) is 0 Å². The van der Waals surface area contributed by atoms with Gasteiger partial charge in [-0.25, -0.2) is 0 Å². The molecule has 0 N–H and O–H groups in total. The molecule has 1 aromatic carbocycles. The van der Waals surface area contributed by atoms with E-state index in [1.54, 1.807) is 0 Å². The number of allylic oxidation sites excluding steroid dienone is 1. The first-order valence-electron chi connectivity index (χ1n) is 5.59. The molecular formula is C15H20O. The Bertz CT molecular complexity index is 362. The Hall–Kier alpha value is -1.34. The summed E-state index contributed by atoms with van der Waals surface area (Å²) in [5.74, 6) is 0. The summed E-state index contributed by atoms with van der Waals surface area (Å²) in [4.78, 5) is 0. The second-order valence-corrected chi connectivity index (χ2v) is 4.09. The van der Waals surface area contributed by atoms with E-state index < -0.39 is 0 Å². The van der Waals surface area contributed by atoms with E-state index in [0.717, 1.165) is 5.57 Å². The Morgan fingerprint density at radius 3 is 2.44 bits per heavy atom. The zero-order chi connectivity index (χ0) is 12.0. The SMILES string of the molecule is C=C(C)COC(/C(C)=C/C)c1ccccc1. The van der Waals surface area contributed by atoms with Crippen molar-refractivity contribution in [1.82, 2.24) is 0 Å². The second kappa shape index (κ2) is 6.29. The fourth-order valence-electron chi connectivity index (χ4n) is 1.50. The van der Waals surface area contributed by atoms with E-state index in [1.807, 2.05) is 32.0 Å². The summed E-state index contributed by atoms with van der Waals surface area (Å²) in [7, 11) is 0. The molecule has 1 nitrogen and oxygen atoms in total. The Labute approximate surface area is 98.5 Å². The summed E-state index contributed by atoms with van der Waals surface area (Å²) in [6, 6.07) is 10.3.